The molecule has 26 heavy (non-hydrogen) atoms. The third kappa shape index (κ3) is 3.57. The lowest BCUT2D eigenvalue weighted by atomic mass is 10.1. The fourth-order valence-corrected chi connectivity index (χ4v) is 3.29. The summed E-state index contributed by atoms with van der Waals surface area (Å²) in [5.41, 5.74) is 10.8. The standard InChI is InChI=1S/C21H25N3O2/c1-4-5-6-11-24-20-9-7-16(14(2)23-26-15(3)25)12-18(20)19-13-17(22)8-10-21(19)24/h7-10,12-13H,4-6,11,22H2,1-3H3/b23-14+. The Morgan fingerprint density at radius 2 is 1.77 bits per heavy atom. The van der Waals surface area contributed by atoms with Gasteiger partial charge in [0.2, 0.25) is 0 Å². The Morgan fingerprint density at radius 3 is 2.46 bits per heavy atom. The average Bonchev–Trinajstić information content (AvgIpc) is 2.92. The quantitative estimate of drug-likeness (QED) is 0.227. The number of anilines is 1. The lowest BCUT2D eigenvalue weighted by Crippen LogP contribution is -2.00. The summed E-state index contributed by atoms with van der Waals surface area (Å²) in [6.07, 6.45) is 3.55. The van der Waals surface area contributed by atoms with Gasteiger partial charge in [0.15, 0.2) is 0 Å². The van der Waals surface area contributed by atoms with Gasteiger partial charge in [-0.05, 0) is 49.2 Å². The number of benzene rings is 2. The normalized spacial score (nSPS) is 12.0. The number of aryl methyl sites for hydroxylation is 1. The Morgan fingerprint density at radius 1 is 1.08 bits per heavy atom. The van der Waals surface area contributed by atoms with Crippen LogP contribution >= 0.6 is 0 Å². The first-order chi connectivity index (χ1) is 12.5. The molecule has 5 nitrogen and oxygen atoms in total. The largest absolute Gasteiger partial charge is 0.399 e. The summed E-state index contributed by atoms with van der Waals surface area (Å²) < 4.78 is 2.36. The van der Waals surface area contributed by atoms with Gasteiger partial charge in [-0.2, -0.15) is 0 Å². The number of carbonyl (C=O) groups excluding carboxylic acids is 1. The maximum Gasteiger partial charge on any atom is 0.331 e. The molecule has 0 atom stereocenters. The van der Waals surface area contributed by atoms with Crippen LogP contribution < -0.4 is 5.73 Å². The van der Waals surface area contributed by atoms with E-state index < -0.39 is 5.97 Å². The number of fused-ring (bicyclic) bond motifs is 3. The molecule has 0 amide bonds. The van der Waals surface area contributed by atoms with E-state index >= 15 is 0 Å². The molecule has 1 heterocycles. The lowest BCUT2D eigenvalue weighted by Gasteiger charge is -2.07. The molecule has 136 valence electrons. The van der Waals surface area contributed by atoms with Crippen LogP contribution in [-0.4, -0.2) is 16.2 Å². The second-order valence-electron chi connectivity index (χ2n) is 6.63. The molecule has 0 aliphatic carbocycles. The van der Waals surface area contributed by atoms with Crippen LogP contribution in [-0.2, 0) is 16.2 Å². The second-order valence-corrected chi connectivity index (χ2v) is 6.63. The number of unbranched alkanes of at least 4 members (excludes halogenated alkanes) is 2. The number of oxime groups is 1. The van der Waals surface area contributed by atoms with Crippen molar-refractivity contribution in [2.24, 2.45) is 5.16 Å². The molecule has 0 bridgehead atoms. The van der Waals surface area contributed by atoms with Gasteiger partial charge in [-0.3, -0.25) is 0 Å². The highest BCUT2D eigenvalue weighted by Gasteiger charge is 2.12. The molecule has 3 rings (SSSR count). The Bertz CT molecular complexity index is 986. The fraction of sp³-hybridized carbons (Fsp3) is 0.333. The molecule has 0 unspecified atom stereocenters. The van der Waals surface area contributed by atoms with E-state index in [0.29, 0.717) is 5.71 Å². The number of nitrogens with zero attached hydrogens (tertiary/aromatic N) is 2. The highest BCUT2D eigenvalue weighted by Crippen LogP contribution is 2.32. The van der Waals surface area contributed by atoms with Crippen molar-refractivity contribution in [3.05, 3.63) is 42.0 Å². The third-order valence-electron chi connectivity index (χ3n) is 4.60. The van der Waals surface area contributed by atoms with Gasteiger partial charge in [0.05, 0.1) is 5.71 Å². The summed E-state index contributed by atoms with van der Waals surface area (Å²) in [7, 11) is 0. The smallest absolute Gasteiger partial charge is 0.331 e. The topological polar surface area (TPSA) is 69.6 Å². The van der Waals surface area contributed by atoms with Gasteiger partial charge >= 0.3 is 5.97 Å². The predicted molar refractivity (Wildman–Crippen MR) is 107 cm³/mol. The Kier molecular flexibility index (Phi) is 5.26. The molecule has 0 fully saturated rings. The SMILES string of the molecule is CCCCCn1c2ccc(N)cc2c2cc(/C(C)=N/OC(C)=O)ccc21. The van der Waals surface area contributed by atoms with Gasteiger partial charge in [-0.15, -0.1) is 0 Å². The Hall–Kier alpha value is -2.82. The van der Waals surface area contributed by atoms with E-state index in [1.165, 1.54) is 30.8 Å². The molecular formula is C21H25N3O2. The molecule has 1 aromatic heterocycles. The molecule has 0 aliphatic rings. The van der Waals surface area contributed by atoms with Crippen molar-refractivity contribution in [2.45, 2.75) is 46.6 Å². The zero-order valence-electron chi connectivity index (χ0n) is 15.6. The van der Waals surface area contributed by atoms with Crippen LogP contribution in [0.1, 0.15) is 45.6 Å². The highest BCUT2D eigenvalue weighted by molar-refractivity contribution is 6.12. The van der Waals surface area contributed by atoms with E-state index in [9.17, 15) is 4.79 Å². The van der Waals surface area contributed by atoms with Crippen LogP contribution in [0.2, 0.25) is 0 Å². The van der Waals surface area contributed by atoms with Gasteiger partial charge in [-0.1, -0.05) is 31.0 Å². The summed E-state index contributed by atoms with van der Waals surface area (Å²) in [6, 6.07) is 12.3. The monoisotopic (exact) mass is 351 g/mol. The van der Waals surface area contributed by atoms with Crippen LogP contribution in [0.4, 0.5) is 5.69 Å². The first-order valence-corrected chi connectivity index (χ1v) is 9.05. The van der Waals surface area contributed by atoms with Crippen molar-refractivity contribution in [1.82, 2.24) is 4.57 Å². The maximum atomic E-state index is 11.0. The van der Waals surface area contributed by atoms with E-state index in [-0.39, 0.29) is 0 Å². The number of rotatable bonds is 6. The van der Waals surface area contributed by atoms with Crippen LogP contribution in [0.3, 0.4) is 0 Å². The predicted octanol–water partition coefficient (Wildman–Crippen LogP) is 4.85. The van der Waals surface area contributed by atoms with E-state index in [1.54, 1.807) is 0 Å². The van der Waals surface area contributed by atoms with Crippen molar-refractivity contribution < 1.29 is 9.63 Å². The number of aromatic nitrogens is 1. The minimum Gasteiger partial charge on any atom is -0.399 e. The van der Waals surface area contributed by atoms with Crippen molar-refractivity contribution >= 4 is 39.2 Å². The van der Waals surface area contributed by atoms with Gasteiger partial charge in [0.25, 0.3) is 0 Å². The van der Waals surface area contributed by atoms with E-state index in [1.807, 2.05) is 25.1 Å². The number of nitrogen functional groups attached to an aromatic ring is 1. The van der Waals surface area contributed by atoms with Crippen LogP contribution in [0.25, 0.3) is 21.8 Å². The Labute approximate surface area is 153 Å². The van der Waals surface area contributed by atoms with Gasteiger partial charge in [0.1, 0.15) is 0 Å². The van der Waals surface area contributed by atoms with E-state index in [0.717, 1.165) is 35.0 Å². The number of hydrogen-bond acceptors (Lipinski definition) is 4. The number of nitrogens with two attached hydrogens (primary N) is 1. The summed E-state index contributed by atoms with van der Waals surface area (Å²) in [5, 5.41) is 6.18. The molecule has 0 saturated heterocycles. The second kappa shape index (κ2) is 7.60. The first kappa shape index (κ1) is 18.0. The average molecular weight is 351 g/mol. The minimum atomic E-state index is -0.425. The Balaban J connectivity index is 2.13. The molecule has 5 heteroatoms. The molecule has 0 spiro atoms. The molecule has 0 radical (unpaired) electrons. The molecule has 2 aromatic carbocycles. The van der Waals surface area contributed by atoms with Gasteiger partial charge < -0.3 is 15.1 Å². The third-order valence-corrected chi connectivity index (χ3v) is 4.60. The summed E-state index contributed by atoms with van der Waals surface area (Å²) in [5.74, 6) is -0.425. The first-order valence-electron chi connectivity index (χ1n) is 9.05. The highest BCUT2D eigenvalue weighted by atomic mass is 16.7. The molecule has 2 N–H and O–H groups in total. The summed E-state index contributed by atoms with van der Waals surface area (Å²) in [4.78, 5) is 15.8. The van der Waals surface area contributed by atoms with E-state index in [4.69, 9.17) is 10.6 Å². The van der Waals surface area contributed by atoms with Crippen molar-refractivity contribution in [2.75, 3.05) is 5.73 Å². The zero-order valence-corrected chi connectivity index (χ0v) is 15.6. The molecule has 0 aliphatic heterocycles. The van der Waals surface area contributed by atoms with Crippen LogP contribution in [0.5, 0.6) is 0 Å². The molecule has 0 saturated carbocycles. The van der Waals surface area contributed by atoms with Crippen LogP contribution in [0, 0.1) is 0 Å². The molecular weight excluding hydrogens is 326 g/mol. The van der Waals surface area contributed by atoms with Gasteiger partial charge in [-0.25, -0.2) is 4.79 Å². The minimum absolute atomic E-state index is 0.425. The molecule has 3 aromatic rings. The summed E-state index contributed by atoms with van der Waals surface area (Å²) >= 11 is 0. The number of carbonyl (C=O) groups is 1. The van der Waals surface area contributed by atoms with Crippen molar-refractivity contribution in [1.29, 1.82) is 0 Å². The van der Waals surface area contributed by atoms with E-state index in [2.05, 4.69) is 34.8 Å². The fourth-order valence-electron chi connectivity index (χ4n) is 3.29. The van der Waals surface area contributed by atoms with Crippen molar-refractivity contribution in [3.8, 4) is 0 Å². The summed E-state index contributed by atoms with van der Waals surface area (Å²) in [6.45, 7) is 6.37. The zero-order chi connectivity index (χ0) is 18.7. The van der Waals surface area contributed by atoms with Crippen molar-refractivity contribution in [3.63, 3.8) is 0 Å². The van der Waals surface area contributed by atoms with Gasteiger partial charge in [0, 0.05) is 41.0 Å². The lowest BCUT2D eigenvalue weighted by molar-refractivity contribution is -0.140. The number of hydrogen-bond donors (Lipinski definition) is 1. The van der Waals surface area contributed by atoms with Crippen LogP contribution in [0.15, 0.2) is 41.6 Å². The maximum absolute atomic E-state index is 11.0.